The van der Waals surface area contributed by atoms with E-state index in [-0.39, 0.29) is 0 Å². The van der Waals surface area contributed by atoms with Crippen molar-refractivity contribution in [2.75, 3.05) is 0 Å². The molecule has 1 fully saturated rings. The molecule has 0 bridgehead atoms. The molecule has 0 aliphatic carbocycles. The molecule has 0 aromatic carbocycles. The molecule has 66 valence electrons. The quantitative estimate of drug-likeness (QED) is 0.692. The van der Waals surface area contributed by atoms with E-state index in [1.807, 2.05) is 0 Å². The van der Waals surface area contributed by atoms with Crippen molar-refractivity contribution in [3.05, 3.63) is 18.4 Å². The lowest BCUT2D eigenvalue weighted by molar-refractivity contribution is 0.301. The molecule has 1 aliphatic rings. The predicted molar refractivity (Wildman–Crippen MR) is 45.7 cm³/mol. The summed E-state index contributed by atoms with van der Waals surface area (Å²) in [5, 5.41) is 3.48. The summed E-state index contributed by atoms with van der Waals surface area (Å²) in [6.07, 6.45) is 7.01. The summed E-state index contributed by atoms with van der Waals surface area (Å²) in [5.74, 6) is 0.974. The van der Waals surface area contributed by atoms with Gasteiger partial charge in [-0.3, -0.25) is 0 Å². The Morgan fingerprint density at radius 1 is 1.58 bits per heavy atom. The lowest BCUT2D eigenvalue weighted by Crippen LogP contribution is -2.34. The first-order valence-corrected chi connectivity index (χ1v) is 4.50. The van der Waals surface area contributed by atoms with Crippen LogP contribution in [0.25, 0.3) is 0 Å². The molecule has 1 aromatic heterocycles. The summed E-state index contributed by atoms with van der Waals surface area (Å²) < 4.78 is 5.25. The molecule has 0 radical (unpaired) electrons. The second-order valence-corrected chi connectivity index (χ2v) is 3.46. The second-order valence-electron chi connectivity index (χ2n) is 3.46. The van der Waals surface area contributed by atoms with E-state index in [0.717, 1.165) is 5.76 Å². The van der Waals surface area contributed by atoms with Crippen LogP contribution in [0.2, 0.25) is 0 Å². The van der Waals surface area contributed by atoms with Gasteiger partial charge < -0.3 is 9.73 Å². The van der Waals surface area contributed by atoms with Crippen LogP contribution >= 0.6 is 0 Å². The first kappa shape index (κ1) is 7.80. The minimum atomic E-state index is 0.385. The van der Waals surface area contributed by atoms with Gasteiger partial charge in [0, 0.05) is 6.04 Å². The van der Waals surface area contributed by atoms with Crippen LogP contribution in [-0.2, 0) is 0 Å². The summed E-state index contributed by atoms with van der Waals surface area (Å²) in [6.45, 7) is 2.21. The van der Waals surface area contributed by atoms with Crippen LogP contribution in [0.3, 0.4) is 0 Å². The standard InChI is InChI=1S/C9H14N2O/c1-7-3-2-4-8(11-7)9-5-10-6-12-9/h5-8,11H,2-4H2,1H3. The summed E-state index contributed by atoms with van der Waals surface area (Å²) in [4.78, 5) is 3.92. The van der Waals surface area contributed by atoms with Gasteiger partial charge in [-0.25, -0.2) is 4.98 Å². The van der Waals surface area contributed by atoms with Crippen molar-refractivity contribution < 1.29 is 4.42 Å². The molecule has 0 spiro atoms. The van der Waals surface area contributed by atoms with Gasteiger partial charge in [-0.05, 0) is 26.2 Å². The average Bonchev–Trinajstić information content (AvgIpc) is 2.56. The van der Waals surface area contributed by atoms with Crippen LogP contribution in [-0.4, -0.2) is 11.0 Å². The third-order valence-corrected chi connectivity index (χ3v) is 2.41. The zero-order valence-electron chi connectivity index (χ0n) is 7.29. The zero-order valence-corrected chi connectivity index (χ0v) is 7.29. The van der Waals surface area contributed by atoms with E-state index in [4.69, 9.17) is 4.42 Å². The monoisotopic (exact) mass is 166 g/mol. The van der Waals surface area contributed by atoms with Crippen molar-refractivity contribution in [3.63, 3.8) is 0 Å². The number of piperidine rings is 1. The van der Waals surface area contributed by atoms with Crippen LogP contribution in [0.15, 0.2) is 17.0 Å². The van der Waals surface area contributed by atoms with Gasteiger partial charge in [0.25, 0.3) is 0 Å². The summed E-state index contributed by atoms with van der Waals surface area (Å²) in [7, 11) is 0. The minimum Gasteiger partial charge on any atom is -0.447 e. The van der Waals surface area contributed by atoms with E-state index in [1.165, 1.54) is 25.7 Å². The molecular weight excluding hydrogens is 152 g/mol. The highest BCUT2D eigenvalue weighted by atomic mass is 16.3. The fourth-order valence-electron chi connectivity index (χ4n) is 1.76. The number of hydrogen-bond acceptors (Lipinski definition) is 3. The normalized spacial score (nSPS) is 30.4. The third-order valence-electron chi connectivity index (χ3n) is 2.41. The van der Waals surface area contributed by atoms with E-state index >= 15 is 0 Å². The van der Waals surface area contributed by atoms with E-state index in [1.54, 1.807) is 6.20 Å². The number of hydrogen-bond donors (Lipinski definition) is 1. The Labute approximate surface area is 72.2 Å². The van der Waals surface area contributed by atoms with Crippen molar-refractivity contribution in [2.45, 2.75) is 38.3 Å². The van der Waals surface area contributed by atoms with Crippen molar-refractivity contribution in [2.24, 2.45) is 0 Å². The van der Waals surface area contributed by atoms with Crippen LogP contribution in [0.4, 0.5) is 0 Å². The maximum Gasteiger partial charge on any atom is 0.180 e. The average molecular weight is 166 g/mol. The molecule has 2 atom stereocenters. The fraction of sp³-hybridized carbons (Fsp3) is 0.667. The van der Waals surface area contributed by atoms with Crippen molar-refractivity contribution in [1.82, 2.24) is 10.3 Å². The highest BCUT2D eigenvalue weighted by Crippen LogP contribution is 2.24. The lowest BCUT2D eigenvalue weighted by atomic mass is 9.98. The maximum atomic E-state index is 5.25. The van der Waals surface area contributed by atoms with E-state index in [9.17, 15) is 0 Å². The Bertz CT molecular complexity index is 233. The van der Waals surface area contributed by atoms with Crippen LogP contribution in [0.1, 0.15) is 38.0 Å². The van der Waals surface area contributed by atoms with Gasteiger partial charge in [0.1, 0.15) is 5.76 Å². The fourth-order valence-corrected chi connectivity index (χ4v) is 1.76. The number of aromatic nitrogens is 1. The van der Waals surface area contributed by atoms with Gasteiger partial charge in [-0.2, -0.15) is 0 Å². The predicted octanol–water partition coefficient (Wildman–Crippen LogP) is 1.88. The topological polar surface area (TPSA) is 38.1 Å². The number of nitrogens with one attached hydrogen (secondary N) is 1. The number of rotatable bonds is 1. The van der Waals surface area contributed by atoms with Crippen LogP contribution < -0.4 is 5.32 Å². The maximum absolute atomic E-state index is 5.25. The SMILES string of the molecule is CC1CCCC(c2cnco2)N1. The van der Waals surface area contributed by atoms with Crippen molar-refractivity contribution >= 4 is 0 Å². The Hall–Kier alpha value is -0.830. The number of nitrogens with zero attached hydrogens (tertiary/aromatic N) is 1. The van der Waals surface area contributed by atoms with Gasteiger partial charge in [0.05, 0.1) is 12.2 Å². The van der Waals surface area contributed by atoms with Crippen molar-refractivity contribution in [1.29, 1.82) is 0 Å². The molecule has 3 nitrogen and oxygen atoms in total. The Morgan fingerprint density at radius 3 is 3.17 bits per heavy atom. The van der Waals surface area contributed by atoms with E-state index in [2.05, 4.69) is 17.2 Å². The summed E-state index contributed by atoms with van der Waals surface area (Å²) in [5.41, 5.74) is 0. The zero-order chi connectivity index (χ0) is 8.39. The molecule has 12 heavy (non-hydrogen) atoms. The molecule has 2 rings (SSSR count). The molecular formula is C9H14N2O. The molecule has 2 unspecified atom stereocenters. The van der Waals surface area contributed by atoms with Gasteiger partial charge in [0.2, 0.25) is 0 Å². The summed E-state index contributed by atoms with van der Waals surface area (Å²) >= 11 is 0. The molecule has 1 aliphatic heterocycles. The number of oxazole rings is 1. The Morgan fingerprint density at radius 2 is 2.50 bits per heavy atom. The molecule has 1 aromatic rings. The van der Waals surface area contributed by atoms with Gasteiger partial charge in [-0.15, -0.1) is 0 Å². The second kappa shape index (κ2) is 3.27. The first-order valence-electron chi connectivity index (χ1n) is 4.50. The van der Waals surface area contributed by atoms with Gasteiger partial charge in [0.15, 0.2) is 6.39 Å². The molecule has 0 amide bonds. The lowest BCUT2D eigenvalue weighted by Gasteiger charge is -2.26. The Balaban J connectivity index is 2.04. The molecule has 1 saturated heterocycles. The first-order chi connectivity index (χ1) is 5.86. The van der Waals surface area contributed by atoms with Gasteiger partial charge >= 0.3 is 0 Å². The molecule has 3 heteroatoms. The third kappa shape index (κ3) is 1.50. The van der Waals surface area contributed by atoms with Crippen LogP contribution in [0, 0.1) is 0 Å². The molecule has 2 heterocycles. The van der Waals surface area contributed by atoms with Crippen molar-refractivity contribution in [3.8, 4) is 0 Å². The highest BCUT2D eigenvalue weighted by molar-refractivity contribution is 4.99. The smallest absolute Gasteiger partial charge is 0.180 e. The minimum absolute atomic E-state index is 0.385. The van der Waals surface area contributed by atoms with E-state index < -0.39 is 0 Å². The molecule has 0 saturated carbocycles. The largest absolute Gasteiger partial charge is 0.447 e. The van der Waals surface area contributed by atoms with Crippen LogP contribution in [0.5, 0.6) is 0 Å². The van der Waals surface area contributed by atoms with E-state index in [0.29, 0.717) is 12.1 Å². The summed E-state index contributed by atoms with van der Waals surface area (Å²) in [6, 6.07) is 0.991. The Kier molecular flexibility index (Phi) is 2.13. The molecule has 1 N–H and O–H groups in total. The van der Waals surface area contributed by atoms with Gasteiger partial charge in [-0.1, -0.05) is 0 Å². The highest BCUT2D eigenvalue weighted by Gasteiger charge is 2.21.